The minimum absolute atomic E-state index is 0.0441. The van der Waals surface area contributed by atoms with Gasteiger partial charge in [0.15, 0.2) is 5.78 Å². The number of benzene rings is 1. The molecule has 1 saturated heterocycles. The number of Topliss-reactive ketones (excluding diaryl/α,β-unsaturated/α-hetero) is 1. The number of hydroxylamine groups is 2. The maximum absolute atomic E-state index is 12.5. The lowest BCUT2D eigenvalue weighted by molar-refractivity contribution is -0.218. The van der Waals surface area contributed by atoms with Crippen LogP contribution in [0.5, 0.6) is 0 Å². The summed E-state index contributed by atoms with van der Waals surface area (Å²) in [6, 6.07) is 9.04. The van der Waals surface area contributed by atoms with E-state index in [-0.39, 0.29) is 24.2 Å². The molecule has 104 valence electrons. The highest BCUT2D eigenvalue weighted by Crippen LogP contribution is 2.41. The molecule has 1 aliphatic carbocycles. The summed E-state index contributed by atoms with van der Waals surface area (Å²) >= 11 is 0. The van der Waals surface area contributed by atoms with Crippen LogP contribution in [0.2, 0.25) is 0 Å². The van der Waals surface area contributed by atoms with Crippen molar-refractivity contribution in [2.24, 2.45) is 11.3 Å². The van der Waals surface area contributed by atoms with E-state index in [0.717, 1.165) is 5.56 Å². The van der Waals surface area contributed by atoms with Gasteiger partial charge >= 0.3 is 0 Å². The third-order valence-corrected chi connectivity index (χ3v) is 4.08. The number of hydrogen-bond donors (Lipinski definition) is 0. The lowest BCUT2D eigenvalue weighted by atomic mass is 9.74. The van der Waals surface area contributed by atoms with Crippen molar-refractivity contribution in [2.75, 3.05) is 0 Å². The predicted octanol–water partition coefficient (Wildman–Crippen LogP) is 2.11. The molecule has 1 aromatic rings. The Labute approximate surface area is 118 Å². The van der Waals surface area contributed by atoms with Gasteiger partial charge < -0.3 is 0 Å². The Kier molecular flexibility index (Phi) is 2.98. The van der Waals surface area contributed by atoms with Crippen molar-refractivity contribution in [3.8, 4) is 0 Å². The second-order valence-corrected chi connectivity index (χ2v) is 5.82. The van der Waals surface area contributed by atoms with Crippen molar-refractivity contribution in [3.63, 3.8) is 0 Å². The number of fused-ring (bicyclic) bond motifs is 2. The minimum Gasteiger partial charge on any atom is -0.296 e. The summed E-state index contributed by atoms with van der Waals surface area (Å²) in [5.41, 5.74) is 0.228. The number of nitrogens with zero attached hydrogens (tertiary/aromatic N) is 1. The standard InChI is InChI=1S/C16H17NO3/c1-16(2)12-8-9-13(14(12)18)17(15(16)19)20-10-11-6-4-3-5-7-11/h3-9,12-13H,10H2,1-2H3/t12-,13-/m1/s1. The van der Waals surface area contributed by atoms with E-state index in [4.69, 9.17) is 4.84 Å². The molecular weight excluding hydrogens is 254 g/mol. The van der Waals surface area contributed by atoms with Crippen LogP contribution in [0.4, 0.5) is 0 Å². The number of amides is 1. The molecule has 1 amide bonds. The molecule has 1 heterocycles. The zero-order valence-electron chi connectivity index (χ0n) is 11.6. The van der Waals surface area contributed by atoms with Crippen molar-refractivity contribution in [3.05, 3.63) is 48.0 Å². The number of carbonyl (C=O) groups is 2. The van der Waals surface area contributed by atoms with Crippen LogP contribution < -0.4 is 0 Å². The topological polar surface area (TPSA) is 46.6 Å². The summed E-state index contributed by atoms with van der Waals surface area (Å²) in [4.78, 5) is 30.3. The first kappa shape index (κ1) is 13.1. The smallest absolute Gasteiger partial charge is 0.253 e. The molecular formula is C16H17NO3. The number of ketones is 1. The molecule has 20 heavy (non-hydrogen) atoms. The highest BCUT2D eigenvalue weighted by Gasteiger charge is 2.54. The number of rotatable bonds is 3. The first-order valence-electron chi connectivity index (χ1n) is 6.74. The summed E-state index contributed by atoms with van der Waals surface area (Å²) in [7, 11) is 0. The van der Waals surface area contributed by atoms with E-state index in [9.17, 15) is 9.59 Å². The Balaban J connectivity index is 1.80. The zero-order chi connectivity index (χ0) is 14.3. The van der Waals surface area contributed by atoms with Gasteiger partial charge in [0.05, 0.1) is 11.3 Å². The molecule has 4 heteroatoms. The van der Waals surface area contributed by atoms with E-state index in [0.29, 0.717) is 0 Å². The molecule has 1 aromatic carbocycles. The van der Waals surface area contributed by atoms with Crippen LogP contribution in [0.1, 0.15) is 19.4 Å². The fourth-order valence-electron chi connectivity index (χ4n) is 2.78. The molecule has 0 saturated carbocycles. The summed E-state index contributed by atoms with van der Waals surface area (Å²) in [6.45, 7) is 3.87. The molecule has 0 aromatic heterocycles. The number of allylic oxidation sites excluding steroid dienone is 1. The number of piperidine rings is 1. The van der Waals surface area contributed by atoms with E-state index >= 15 is 0 Å². The summed E-state index contributed by atoms with van der Waals surface area (Å²) < 4.78 is 0. The van der Waals surface area contributed by atoms with Crippen molar-refractivity contribution >= 4 is 11.7 Å². The molecule has 2 atom stereocenters. The normalized spacial score (nSPS) is 27.2. The van der Waals surface area contributed by atoms with E-state index in [1.54, 1.807) is 19.9 Å². The van der Waals surface area contributed by atoms with Crippen molar-refractivity contribution < 1.29 is 14.4 Å². The first-order valence-corrected chi connectivity index (χ1v) is 6.74. The van der Waals surface area contributed by atoms with Gasteiger partial charge in [-0.05, 0) is 19.4 Å². The molecule has 1 aliphatic heterocycles. The van der Waals surface area contributed by atoms with E-state index < -0.39 is 11.5 Å². The minimum atomic E-state index is -0.739. The van der Waals surface area contributed by atoms with Crippen LogP contribution in [-0.4, -0.2) is 22.8 Å². The maximum Gasteiger partial charge on any atom is 0.253 e. The lowest BCUT2D eigenvalue weighted by Crippen LogP contribution is -2.57. The fourth-order valence-corrected chi connectivity index (χ4v) is 2.78. The van der Waals surface area contributed by atoms with Gasteiger partial charge in [0, 0.05) is 0 Å². The summed E-state index contributed by atoms with van der Waals surface area (Å²) in [6.07, 6.45) is 3.60. The van der Waals surface area contributed by atoms with Crippen LogP contribution >= 0.6 is 0 Å². The summed E-state index contributed by atoms with van der Waals surface area (Å²) in [5, 5.41) is 1.25. The van der Waals surface area contributed by atoms with Crippen LogP contribution in [0.25, 0.3) is 0 Å². The first-order chi connectivity index (χ1) is 9.51. The number of carbonyl (C=O) groups excluding carboxylic acids is 2. The molecule has 2 bridgehead atoms. The Bertz CT molecular complexity index is 577. The van der Waals surface area contributed by atoms with Crippen molar-refractivity contribution in [1.82, 2.24) is 5.06 Å². The Morgan fingerprint density at radius 1 is 1.15 bits per heavy atom. The second kappa shape index (κ2) is 4.56. The number of hydrogen-bond acceptors (Lipinski definition) is 3. The van der Waals surface area contributed by atoms with Crippen LogP contribution in [0.3, 0.4) is 0 Å². The van der Waals surface area contributed by atoms with Gasteiger partial charge in [-0.25, -0.2) is 5.06 Å². The molecule has 0 spiro atoms. The van der Waals surface area contributed by atoms with Gasteiger partial charge in [-0.2, -0.15) is 0 Å². The van der Waals surface area contributed by atoms with Gasteiger partial charge in [0.1, 0.15) is 12.6 Å². The van der Waals surface area contributed by atoms with Gasteiger partial charge in [-0.15, -0.1) is 0 Å². The van der Waals surface area contributed by atoms with Crippen LogP contribution in [-0.2, 0) is 21.0 Å². The predicted molar refractivity (Wildman–Crippen MR) is 73.3 cm³/mol. The van der Waals surface area contributed by atoms with Crippen LogP contribution in [0, 0.1) is 11.3 Å². The lowest BCUT2D eigenvalue weighted by Gasteiger charge is -2.40. The van der Waals surface area contributed by atoms with Gasteiger partial charge in [0.2, 0.25) is 0 Å². The Morgan fingerprint density at radius 3 is 2.55 bits per heavy atom. The average Bonchev–Trinajstić information content (AvgIpc) is 2.78. The second-order valence-electron chi connectivity index (χ2n) is 5.82. The molecule has 0 N–H and O–H groups in total. The van der Waals surface area contributed by atoms with Crippen LogP contribution in [0.15, 0.2) is 42.5 Å². The Hall–Kier alpha value is -1.94. The fraction of sp³-hybridized carbons (Fsp3) is 0.375. The molecule has 0 radical (unpaired) electrons. The maximum atomic E-state index is 12.5. The third-order valence-electron chi connectivity index (χ3n) is 4.08. The molecule has 2 aliphatic rings. The van der Waals surface area contributed by atoms with E-state index in [1.807, 2.05) is 36.4 Å². The third kappa shape index (κ3) is 1.88. The van der Waals surface area contributed by atoms with Crippen molar-refractivity contribution in [2.45, 2.75) is 26.5 Å². The van der Waals surface area contributed by atoms with Gasteiger partial charge in [-0.1, -0.05) is 42.5 Å². The summed E-state index contributed by atoms with van der Waals surface area (Å²) in [5.74, 6) is -0.410. The van der Waals surface area contributed by atoms with Gasteiger partial charge in [0.25, 0.3) is 5.91 Å². The van der Waals surface area contributed by atoms with Gasteiger partial charge in [-0.3, -0.25) is 14.4 Å². The highest BCUT2D eigenvalue weighted by atomic mass is 16.7. The molecule has 4 nitrogen and oxygen atoms in total. The SMILES string of the molecule is CC1(C)C(=O)N(OCc2ccccc2)[C@@H]2C=C[C@@H]1C2=O. The quantitative estimate of drug-likeness (QED) is 0.791. The van der Waals surface area contributed by atoms with E-state index in [2.05, 4.69) is 0 Å². The highest BCUT2D eigenvalue weighted by molar-refractivity contribution is 6.03. The molecule has 0 unspecified atom stereocenters. The molecule has 1 fully saturated rings. The monoisotopic (exact) mass is 271 g/mol. The average molecular weight is 271 g/mol. The largest absolute Gasteiger partial charge is 0.296 e. The van der Waals surface area contributed by atoms with Crippen molar-refractivity contribution in [1.29, 1.82) is 0 Å². The zero-order valence-corrected chi connectivity index (χ0v) is 11.6. The molecule has 3 rings (SSSR count). The Morgan fingerprint density at radius 2 is 1.85 bits per heavy atom. The van der Waals surface area contributed by atoms with E-state index in [1.165, 1.54) is 5.06 Å².